The Kier molecular flexibility index (Phi) is 4.62. The smallest absolute Gasteiger partial charge is 0.0854 e. The summed E-state index contributed by atoms with van der Waals surface area (Å²) in [5.41, 5.74) is 6.52. The fourth-order valence-corrected chi connectivity index (χ4v) is 2.94. The number of H-pyrrole nitrogens is 2. The van der Waals surface area contributed by atoms with Crippen LogP contribution in [0.5, 0.6) is 0 Å². The van der Waals surface area contributed by atoms with Crippen molar-refractivity contribution in [3.8, 4) is 0 Å². The molecule has 4 nitrogen and oxygen atoms in total. The number of benzene rings is 2. The molecule has 2 heterocycles. The van der Waals surface area contributed by atoms with Crippen molar-refractivity contribution in [1.29, 1.82) is 0 Å². The van der Waals surface area contributed by atoms with Gasteiger partial charge in [-0.3, -0.25) is 5.10 Å². The third kappa shape index (κ3) is 4.01. The van der Waals surface area contributed by atoms with E-state index in [0.29, 0.717) is 0 Å². The first-order valence-corrected chi connectivity index (χ1v) is 8.93. The molecule has 0 saturated carbocycles. The Balaban J connectivity index is 1.44. The van der Waals surface area contributed by atoms with Gasteiger partial charge in [0.2, 0.25) is 0 Å². The molecule has 0 spiro atoms. The van der Waals surface area contributed by atoms with Gasteiger partial charge in [-0.1, -0.05) is 36.4 Å². The van der Waals surface area contributed by atoms with Crippen molar-refractivity contribution in [2.24, 2.45) is 0 Å². The summed E-state index contributed by atoms with van der Waals surface area (Å²) in [6.45, 7) is 0. The second kappa shape index (κ2) is 7.38. The largest absolute Gasteiger partial charge is 0.378 e. The van der Waals surface area contributed by atoms with E-state index in [9.17, 15) is 0 Å². The van der Waals surface area contributed by atoms with Gasteiger partial charge >= 0.3 is 0 Å². The first-order chi connectivity index (χ1) is 13.2. The fourth-order valence-electron chi connectivity index (χ4n) is 2.94. The molecule has 4 rings (SSSR count). The highest BCUT2D eigenvalue weighted by molar-refractivity contribution is 5.83. The lowest BCUT2D eigenvalue weighted by molar-refractivity contribution is 1.07. The predicted molar refractivity (Wildman–Crippen MR) is 116 cm³/mol. The van der Waals surface area contributed by atoms with E-state index in [1.54, 1.807) is 0 Å². The molecule has 2 N–H and O–H groups in total. The number of nitrogens with one attached hydrogen (secondary N) is 2. The van der Waals surface area contributed by atoms with Crippen LogP contribution < -0.4 is 4.90 Å². The summed E-state index contributed by atoms with van der Waals surface area (Å²) in [5, 5.41) is 8.64. The molecular formula is C23H22N4. The van der Waals surface area contributed by atoms with E-state index in [1.165, 1.54) is 11.1 Å². The van der Waals surface area contributed by atoms with Crippen molar-refractivity contribution >= 4 is 40.9 Å². The minimum Gasteiger partial charge on any atom is -0.378 e. The van der Waals surface area contributed by atoms with E-state index in [-0.39, 0.29) is 0 Å². The molecule has 0 amide bonds. The van der Waals surface area contributed by atoms with Crippen LogP contribution in [0.15, 0.2) is 60.8 Å². The van der Waals surface area contributed by atoms with Crippen molar-refractivity contribution in [2.45, 2.75) is 0 Å². The molecular weight excluding hydrogens is 332 g/mol. The summed E-state index contributed by atoms with van der Waals surface area (Å²) in [6, 6.07) is 18.9. The van der Waals surface area contributed by atoms with Crippen molar-refractivity contribution < 1.29 is 0 Å². The minimum absolute atomic E-state index is 0.907. The van der Waals surface area contributed by atoms with Gasteiger partial charge < -0.3 is 9.88 Å². The summed E-state index contributed by atoms with van der Waals surface area (Å²) >= 11 is 0. The van der Waals surface area contributed by atoms with Gasteiger partial charge in [-0.15, -0.1) is 0 Å². The number of nitrogens with zero attached hydrogens (tertiary/aromatic N) is 2. The van der Waals surface area contributed by atoms with Crippen LogP contribution in [-0.2, 0) is 0 Å². The molecule has 0 saturated heterocycles. The quantitative estimate of drug-likeness (QED) is 0.511. The number of hydrogen-bond donors (Lipinski definition) is 2. The zero-order valence-corrected chi connectivity index (χ0v) is 15.5. The van der Waals surface area contributed by atoms with Crippen LogP contribution in [-0.4, -0.2) is 29.3 Å². The van der Waals surface area contributed by atoms with E-state index >= 15 is 0 Å². The molecule has 134 valence electrons. The molecule has 0 fully saturated rings. The number of aromatic nitrogens is 3. The molecule has 2 aromatic heterocycles. The van der Waals surface area contributed by atoms with E-state index in [2.05, 4.69) is 80.8 Å². The van der Waals surface area contributed by atoms with Gasteiger partial charge in [0, 0.05) is 31.5 Å². The summed E-state index contributed by atoms with van der Waals surface area (Å²) in [5.74, 6) is 0. The number of anilines is 1. The van der Waals surface area contributed by atoms with Crippen LogP contribution in [0.25, 0.3) is 35.2 Å². The Labute approximate surface area is 158 Å². The zero-order chi connectivity index (χ0) is 18.6. The summed E-state index contributed by atoms with van der Waals surface area (Å²) in [7, 11) is 4.08. The molecule has 0 bridgehead atoms. The Morgan fingerprint density at radius 3 is 2.41 bits per heavy atom. The molecule has 4 aromatic rings. The van der Waals surface area contributed by atoms with Crippen LogP contribution in [0.3, 0.4) is 0 Å². The maximum absolute atomic E-state index is 4.36. The molecule has 0 aliphatic rings. The lowest BCUT2D eigenvalue weighted by atomic mass is 10.1. The fraction of sp³-hybridized carbons (Fsp3) is 0.0870. The highest BCUT2D eigenvalue weighted by atomic mass is 15.1. The van der Waals surface area contributed by atoms with Crippen molar-refractivity contribution in [3.05, 3.63) is 83.3 Å². The highest BCUT2D eigenvalue weighted by Crippen LogP contribution is 2.17. The van der Waals surface area contributed by atoms with Crippen LogP contribution in [0.1, 0.15) is 22.5 Å². The average Bonchev–Trinajstić information content (AvgIpc) is 3.33. The highest BCUT2D eigenvalue weighted by Gasteiger charge is 1.98. The third-order valence-electron chi connectivity index (χ3n) is 4.51. The Hall–Kier alpha value is -3.53. The summed E-state index contributed by atoms with van der Waals surface area (Å²) in [4.78, 5) is 5.33. The Morgan fingerprint density at radius 1 is 0.815 bits per heavy atom. The van der Waals surface area contributed by atoms with E-state index in [1.807, 2.05) is 38.5 Å². The lowest BCUT2D eigenvalue weighted by Crippen LogP contribution is -2.07. The Morgan fingerprint density at radius 2 is 1.59 bits per heavy atom. The standard InChI is InChI=1S/C23H22N4/c1-27(2)22-11-6-17(7-12-22)4-9-20-16-21(26-25-20)10-5-18-3-8-19-13-14-24-23(19)15-18/h3-16,24H,1-2H3,(H,25,26)/b9-4+,10-5+. The van der Waals surface area contributed by atoms with E-state index in [4.69, 9.17) is 0 Å². The van der Waals surface area contributed by atoms with Crippen molar-refractivity contribution in [2.75, 3.05) is 19.0 Å². The molecule has 0 radical (unpaired) electrons. The SMILES string of the molecule is CN(C)c1ccc(/C=C/c2cc(/C=C/c3ccc4cc[nH]c4c3)n[nH]2)cc1. The van der Waals surface area contributed by atoms with Gasteiger partial charge in [0.05, 0.1) is 11.4 Å². The zero-order valence-electron chi connectivity index (χ0n) is 15.5. The van der Waals surface area contributed by atoms with Gasteiger partial charge in [-0.05, 0) is 59.0 Å². The number of fused-ring (bicyclic) bond motifs is 1. The first-order valence-electron chi connectivity index (χ1n) is 8.93. The number of hydrogen-bond acceptors (Lipinski definition) is 2. The second-order valence-corrected chi connectivity index (χ2v) is 6.73. The maximum Gasteiger partial charge on any atom is 0.0854 e. The summed E-state index contributed by atoms with van der Waals surface area (Å²) in [6.07, 6.45) is 10.2. The third-order valence-corrected chi connectivity index (χ3v) is 4.51. The molecule has 2 aromatic carbocycles. The molecule has 0 unspecified atom stereocenters. The first kappa shape index (κ1) is 16.9. The van der Waals surface area contributed by atoms with E-state index in [0.717, 1.165) is 28.0 Å². The Bertz CT molecular complexity index is 1090. The maximum atomic E-state index is 4.36. The molecule has 0 aliphatic carbocycles. The number of rotatable bonds is 5. The van der Waals surface area contributed by atoms with Gasteiger partial charge in [0.25, 0.3) is 0 Å². The molecule has 0 atom stereocenters. The monoisotopic (exact) mass is 354 g/mol. The van der Waals surface area contributed by atoms with Crippen LogP contribution in [0.2, 0.25) is 0 Å². The summed E-state index contributed by atoms with van der Waals surface area (Å²) < 4.78 is 0. The average molecular weight is 354 g/mol. The van der Waals surface area contributed by atoms with Crippen LogP contribution in [0, 0.1) is 0 Å². The topological polar surface area (TPSA) is 47.7 Å². The second-order valence-electron chi connectivity index (χ2n) is 6.73. The van der Waals surface area contributed by atoms with Gasteiger partial charge in [-0.2, -0.15) is 5.10 Å². The molecule has 0 aliphatic heterocycles. The van der Waals surface area contributed by atoms with Crippen molar-refractivity contribution in [1.82, 2.24) is 15.2 Å². The predicted octanol–water partition coefficient (Wildman–Crippen LogP) is 5.30. The molecule has 27 heavy (non-hydrogen) atoms. The molecule has 4 heteroatoms. The normalized spacial score (nSPS) is 11.8. The van der Waals surface area contributed by atoms with Crippen molar-refractivity contribution in [3.63, 3.8) is 0 Å². The van der Waals surface area contributed by atoms with Gasteiger partial charge in [0.1, 0.15) is 0 Å². The number of aromatic amines is 2. The van der Waals surface area contributed by atoms with Gasteiger partial charge in [-0.25, -0.2) is 0 Å². The van der Waals surface area contributed by atoms with Gasteiger partial charge in [0.15, 0.2) is 0 Å². The van der Waals surface area contributed by atoms with Crippen LogP contribution >= 0.6 is 0 Å². The minimum atomic E-state index is 0.907. The van der Waals surface area contributed by atoms with Crippen LogP contribution in [0.4, 0.5) is 5.69 Å². The lowest BCUT2D eigenvalue weighted by Gasteiger charge is -2.11. The van der Waals surface area contributed by atoms with E-state index < -0.39 is 0 Å².